The SMILES string of the molecule is O[C@@H](CNCCOc1ccccc1)Cn1c2ccccc2c2ccccc21. The summed E-state index contributed by atoms with van der Waals surface area (Å²) in [5.74, 6) is 0.866. The Labute approximate surface area is 159 Å². The summed E-state index contributed by atoms with van der Waals surface area (Å²) in [5.41, 5.74) is 2.32. The van der Waals surface area contributed by atoms with E-state index in [1.165, 1.54) is 10.8 Å². The zero-order valence-corrected chi connectivity index (χ0v) is 15.2. The summed E-state index contributed by atoms with van der Waals surface area (Å²) in [4.78, 5) is 0. The van der Waals surface area contributed by atoms with Gasteiger partial charge in [0.15, 0.2) is 0 Å². The van der Waals surface area contributed by atoms with Crippen molar-refractivity contribution >= 4 is 21.8 Å². The smallest absolute Gasteiger partial charge is 0.119 e. The lowest BCUT2D eigenvalue weighted by molar-refractivity contribution is 0.152. The molecule has 0 spiro atoms. The molecule has 1 heterocycles. The van der Waals surface area contributed by atoms with Crippen molar-refractivity contribution in [2.75, 3.05) is 19.7 Å². The van der Waals surface area contributed by atoms with Gasteiger partial charge in [0.05, 0.1) is 12.6 Å². The van der Waals surface area contributed by atoms with E-state index in [1.807, 2.05) is 42.5 Å². The van der Waals surface area contributed by atoms with Gasteiger partial charge in [-0.2, -0.15) is 0 Å². The molecule has 0 saturated heterocycles. The molecule has 4 aromatic rings. The summed E-state index contributed by atoms with van der Waals surface area (Å²) in [5, 5.41) is 16.3. The van der Waals surface area contributed by atoms with Gasteiger partial charge in [-0.3, -0.25) is 0 Å². The third kappa shape index (κ3) is 3.97. The fraction of sp³-hybridized carbons (Fsp3) is 0.217. The maximum Gasteiger partial charge on any atom is 0.119 e. The van der Waals surface area contributed by atoms with E-state index in [-0.39, 0.29) is 0 Å². The van der Waals surface area contributed by atoms with Crippen molar-refractivity contribution in [2.24, 2.45) is 0 Å². The first kappa shape index (κ1) is 17.6. The van der Waals surface area contributed by atoms with E-state index < -0.39 is 6.10 Å². The van der Waals surface area contributed by atoms with Gasteiger partial charge in [0.1, 0.15) is 12.4 Å². The van der Waals surface area contributed by atoms with Crippen LogP contribution < -0.4 is 10.1 Å². The van der Waals surface area contributed by atoms with E-state index in [2.05, 4.69) is 46.3 Å². The quantitative estimate of drug-likeness (QED) is 0.470. The molecule has 0 unspecified atom stereocenters. The van der Waals surface area contributed by atoms with Crippen LogP contribution >= 0.6 is 0 Å². The zero-order chi connectivity index (χ0) is 18.5. The molecule has 0 aliphatic rings. The maximum atomic E-state index is 10.5. The lowest BCUT2D eigenvalue weighted by atomic mass is 10.2. The monoisotopic (exact) mass is 360 g/mol. The Morgan fingerprint density at radius 1 is 0.815 bits per heavy atom. The molecule has 0 aliphatic heterocycles. The molecule has 4 rings (SSSR count). The number of rotatable bonds is 8. The third-order valence-electron chi connectivity index (χ3n) is 4.74. The molecule has 0 aliphatic carbocycles. The number of aromatic nitrogens is 1. The molecule has 0 bridgehead atoms. The highest BCUT2D eigenvalue weighted by Crippen LogP contribution is 2.28. The average molecular weight is 360 g/mol. The molecule has 0 saturated carbocycles. The van der Waals surface area contributed by atoms with Crippen molar-refractivity contribution in [3.8, 4) is 5.75 Å². The van der Waals surface area contributed by atoms with E-state index in [0.717, 1.165) is 16.8 Å². The van der Waals surface area contributed by atoms with Gasteiger partial charge < -0.3 is 19.7 Å². The van der Waals surface area contributed by atoms with Gasteiger partial charge in [-0.15, -0.1) is 0 Å². The Kier molecular flexibility index (Phi) is 5.37. The van der Waals surface area contributed by atoms with Crippen molar-refractivity contribution in [3.63, 3.8) is 0 Å². The van der Waals surface area contributed by atoms with Crippen molar-refractivity contribution in [1.29, 1.82) is 0 Å². The summed E-state index contributed by atoms with van der Waals surface area (Å²) in [6.07, 6.45) is -0.471. The van der Waals surface area contributed by atoms with Gasteiger partial charge in [-0.1, -0.05) is 54.6 Å². The van der Waals surface area contributed by atoms with Crippen LogP contribution in [0.3, 0.4) is 0 Å². The van der Waals surface area contributed by atoms with Crippen molar-refractivity contribution in [3.05, 3.63) is 78.9 Å². The normalized spacial score (nSPS) is 12.5. The number of hydrogen-bond acceptors (Lipinski definition) is 3. The van der Waals surface area contributed by atoms with E-state index in [0.29, 0.717) is 26.2 Å². The Hall–Kier alpha value is -2.82. The Bertz CT molecular complexity index is 957. The number of ether oxygens (including phenoxy) is 1. The van der Waals surface area contributed by atoms with Crippen LogP contribution in [0.15, 0.2) is 78.9 Å². The second kappa shape index (κ2) is 8.25. The highest BCUT2D eigenvalue weighted by Gasteiger charge is 2.12. The minimum Gasteiger partial charge on any atom is -0.492 e. The number of aliphatic hydroxyl groups is 1. The largest absolute Gasteiger partial charge is 0.492 e. The number of fused-ring (bicyclic) bond motifs is 3. The first-order valence-electron chi connectivity index (χ1n) is 9.35. The fourth-order valence-corrected chi connectivity index (χ4v) is 3.50. The number of hydrogen-bond donors (Lipinski definition) is 2. The first-order chi connectivity index (χ1) is 13.3. The van der Waals surface area contributed by atoms with E-state index in [1.54, 1.807) is 0 Å². The molecule has 0 fully saturated rings. The van der Waals surface area contributed by atoms with Gasteiger partial charge >= 0.3 is 0 Å². The summed E-state index contributed by atoms with van der Waals surface area (Å²) in [6.45, 7) is 2.35. The van der Waals surface area contributed by atoms with E-state index >= 15 is 0 Å². The van der Waals surface area contributed by atoms with Crippen LogP contribution in [0.2, 0.25) is 0 Å². The second-order valence-electron chi connectivity index (χ2n) is 6.66. The number of benzene rings is 3. The maximum absolute atomic E-state index is 10.5. The Morgan fingerprint density at radius 3 is 2.07 bits per heavy atom. The van der Waals surface area contributed by atoms with E-state index in [4.69, 9.17) is 4.74 Å². The lowest BCUT2D eigenvalue weighted by Gasteiger charge is -2.15. The third-order valence-corrected chi connectivity index (χ3v) is 4.74. The van der Waals surface area contributed by atoms with Crippen LogP contribution in [0.5, 0.6) is 5.75 Å². The zero-order valence-electron chi connectivity index (χ0n) is 15.2. The number of para-hydroxylation sites is 3. The minimum atomic E-state index is -0.471. The molecule has 4 nitrogen and oxygen atoms in total. The summed E-state index contributed by atoms with van der Waals surface area (Å²) in [7, 11) is 0. The van der Waals surface area contributed by atoms with Gasteiger partial charge in [0.2, 0.25) is 0 Å². The topological polar surface area (TPSA) is 46.4 Å². The van der Waals surface area contributed by atoms with Crippen LogP contribution in [-0.2, 0) is 6.54 Å². The Balaban J connectivity index is 1.36. The van der Waals surface area contributed by atoms with Crippen LogP contribution in [-0.4, -0.2) is 35.5 Å². The molecule has 0 radical (unpaired) electrons. The predicted octanol–water partition coefficient (Wildman–Crippen LogP) is 3.82. The minimum absolute atomic E-state index is 0.471. The summed E-state index contributed by atoms with van der Waals surface area (Å²) < 4.78 is 7.87. The van der Waals surface area contributed by atoms with Gasteiger partial charge in [0.25, 0.3) is 0 Å². The summed E-state index contributed by atoms with van der Waals surface area (Å²) >= 11 is 0. The van der Waals surface area contributed by atoms with Crippen LogP contribution in [0.4, 0.5) is 0 Å². The predicted molar refractivity (Wildman–Crippen MR) is 110 cm³/mol. The van der Waals surface area contributed by atoms with Crippen LogP contribution in [0.25, 0.3) is 21.8 Å². The first-order valence-corrected chi connectivity index (χ1v) is 9.35. The molecule has 4 heteroatoms. The molecule has 0 amide bonds. The standard InChI is InChI=1S/C23H24N2O2/c26-18(16-24-14-15-27-19-8-2-1-3-9-19)17-25-22-12-6-4-10-20(22)21-11-5-7-13-23(21)25/h1-13,18,24,26H,14-17H2/t18-/m0/s1. The van der Waals surface area contributed by atoms with Gasteiger partial charge in [0, 0.05) is 34.9 Å². The molecule has 1 atom stereocenters. The van der Waals surface area contributed by atoms with Crippen molar-refractivity contribution in [2.45, 2.75) is 12.6 Å². The highest BCUT2D eigenvalue weighted by atomic mass is 16.5. The van der Waals surface area contributed by atoms with Crippen LogP contribution in [0, 0.1) is 0 Å². The van der Waals surface area contributed by atoms with Crippen molar-refractivity contribution in [1.82, 2.24) is 9.88 Å². The molecule has 27 heavy (non-hydrogen) atoms. The highest BCUT2D eigenvalue weighted by molar-refractivity contribution is 6.07. The number of aliphatic hydroxyl groups excluding tert-OH is 1. The van der Waals surface area contributed by atoms with Crippen LogP contribution in [0.1, 0.15) is 0 Å². The van der Waals surface area contributed by atoms with Crippen molar-refractivity contribution < 1.29 is 9.84 Å². The molecule has 1 aromatic heterocycles. The van der Waals surface area contributed by atoms with Gasteiger partial charge in [-0.05, 0) is 24.3 Å². The molecule has 138 valence electrons. The number of nitrogens with zero attached hydrogens (tertiary/aromatic N) is 1. The molecular weight excluding hydrogens is 336 g/mol. The van der Waals surface area contributed by atoms with E-state index in [9.17, 15) is 5.11 Å². The summed E-state index contributed by atoms with van der Waals surface area (Å²) in [6, 6.07) is 26.5. The lowest BCUT2D eigenvalue weighted by Crippen LogP contribution is -2.32. The fourth-order valence-electron chi connectivity index (χ4n) is 3.50. The second-order valence-corrected chi connectivity index (χ2v) is 6.66. The molecule has 2 N–H and O–H groups in total. The number of nitrogens with one attached hydrogen (secondary N) is 1. The average Bonchev–Trinajstić information content (AvgIpc) is 3.03. The molecule has 3 aromatic carbocycles. The Morgan fingerprint density at radius 2 is 1.41 bits per heavy atom. The molecular formula is C23H24N2O2. The van der Waals surface area contributed by atoms with Gasteiger partial charge in [-0.25, -0.2) is 0 Å².